The molecule has 0 spiro atoms. The molecule has 166 valence electrons. The Labute approximate surface area is 184 Å². The van der Waals surface area contributed by atoms with Crippen LogP contribution in [0.1, 0.15) is 85.1 Å². The van der Waals surface area contributed by atoms with E-state index in [0.717, 1.165) is 12.5 Å². The molecule has 1 heterocycles. The topological polar surface area (TPSA) is 52.8 Å². The number of nitrogens with zero attached hydrogens (tertiary/aromatic N) is 2. The number of fused-ring (bicyclic) bond motifs is 1. The van der Waals surface area contributed by atoms with Crippen LogP contribution < -0.4 is 9.86 Å². The molecule has 3 nitrogen and oxygen atoms in total. The van der Waals surface area contributed by atoms with Crippen LogP contribution in [0.4, 0.5) is 0 Å². The van der Waals surface area contributed by atoms with Gasteiger partial charge < -0.3 is 6.15 Å². The Morgan fingerprint density at radius 3 is 1.97 bits per heavy atom. The number of unbranched alkanes of at least 4 members (excludes halogenated alkanes) is 3. The Kier molecular flexibility index (Phi) is 11.9. The first-order valence-corrected chi connectivity index (χ1v) is 19.4. The van der Waals surface area contributed by atoms with Crippen molar-refractivity contribution in [2.24, 2.45) is 5.92 Å². The Bertz CT molecular complexity index is 698. The summed E-state index contributed by atoms with van der Waals surface area (Å²) in [5.74, 6) is 0.723. The van der Waals surface area contributed by atoms with Crippen molar-refractivity contribution in [2.75, 3.05) is 0 Å². The van der Waals surface area contributed by atoms with Crippen molar-refractivity contribution in [1.82, 2.24) is 15.9 Å². The maximum atomic E-state index is 5.44. The van der Waals surface area contributed by atoms with Crippen LogP contribution in [0.2, 0.25) is 13.3 Å². The van der Waals surface area contributed by atoms with Gasteiger partial charge in [-0.3, -0.25) is 0 Å². The molecule has 0 atom stereocenters. The van der Waals surface area contributed by atoms with Crippen molar-refractivity contribution in [2.45, 2.75) is 106 Å². The van der Waals surface area contributed by atoms with Gasteiger partial charge in [0, 0.05) is 0 Å². The van der Waals surface area contributed by atoms with Gasteiger partial charge in [-0.1, -0.05) is 0 Å². The molecule has 0 aliphatic heterocycles. The molecule has 0 aliphatic carbocycles. The molecular weight excluding hydrogens is 461 g/mol. The Morgan fingerprint density at radius 1 is 0.931 bits per heavy atom. The summed E-state index contributed by atoms with van der Waals surface area (Å²) in [5, 5.41) is 6.95. The van der Waals surface area contributed by atoms with Gasteiger partial charge in [0.25, 0.3) is 0 Å². The van der Waals surface area contributed by atoms with Gasteiger partial charge >= 0.3 is 179 Å². The fraction of sp³-hybridized carbons (Fsp3) is 0.720. The summed E-state index contributed by atoms with van der Waals surface area (Å²) >= 11 is -2.52. The molecular formula is C25H47N3Sn. The van der Waals surface area contributed by atoms with Crippen molar-refractivity contribution in [3.63, 3.8) is 0 Å². The molecule has 0 aliphatic rings. The van der Waals surface area contributed by atoms with E-state index >= 15 is 0 Å². The van der Waals surface area contributed by atoms with Crippen molar-refractivity contribution >= 4 is 33.0 Å². The van der Waals surface area contributed by atoms with Crippen molar-refractivity contribution in [3.8, 4) is 0 Å². The summed E-state index contributed by atoms with van der Waals surface area (Å²) in [6.45, 7) is 15.0. The quantitative estimate of drug-likeness (QED) is 0.283. The second kappa shape index (κ2) is 13.0. The zero-order valence-corrected chi connectivity index (χ0v) is 23.0. The van der Waals surface area contributed by atoms with Gasteiger partial charge in [0.1, 0.15) is 0 Å². The molecule has 1 aromatic heterocycles. The van der Waals surface area contributed by atoms with Gasteiger partial charge in [0.05, 0.1) is 0 Å². The minimum absolute atomic E-state index is 0. The van der Waals surface area contributed by atoms with Crippen LogP contribution in [0.5, 0.6) is 0 Å². The molecule has 0 amide bonds. The summed E-state index contributed by atoms with van der Waals surface area (Å²) in [7, 11) is 0. The molecule has 0 saturated heterocycles. The normalized spacial score (nSPS) is 12.0. The van der Waals surface area contributed by atoms with Crippen LogP contribution in [0.15, 0.2) is 18.2 Å². The van der Waals surface area contributed by atoms with E-state index in [9.17, 15) is 0 Å². The van der Waals surface area contributed by atoms with E-state index in [0.29, 0.717) is 0 Å². The van der Waals surface area contributed by atoms with E-state index < -0.39 is 18.4 Å². The molecule has 3 N–H and O–H groups in total. The molecule has 0 bridgehead atoms. The molecule has 0 unspecified atom stereocenters. The number of hydrogen-bond acceptors (Lipinski definition) is 2. The van der Waals surface area contributed by atoms with Crippen molar-refractivity contribution in [3.05, 3.63) is 23.8 Å². The first-order valence-electron chi connectivity index (χ1n) is 11.9. The van der Waals surface area contributed by atoms with Crippen LogP contribution in [0.3, 0.4) is 0 Å². The number of aromatic nitrogens is 2. The second-order valence-corrected chi connectivity index (χ2v) is 22.3. The Morgan fingerprint density at radius 2 is 1.48 bits per heavy atom. The van der Waals surface area contributed by atoms with Crippen LogP contribution in [-0.2, 0) is 6.54 Å². The fourth-order valence-electron chi connectivity index (χ4n) is 4.50. The standard InChI is InChI=1S/C13H17N2.3C4H9.H3N.Sn/c1-10(2)6-7-15-13-8-11(3)4-5-12(13)9-14-15;3*1-3-4-2;;/h4-5,8,10H,6-7H2,1-3H3;3*1,3-4H2,2H3;1H3;. The van der Waals surface area contributed by atoms with E-state index in [1.165, 1.54) is 74.7 Å². The van der Waals surface area contributed by atoms with Gasteiger partial charge in [-0.25, -0.2) is 0 Å². The average molecular weight is 508 g/mol. The molecule has 1 aromatic carbocycles. The predicted octanol–water partition coefficient (Wildman–Crippen LogP) is 7.61. The van der Waals surface area contributed by atoms with Gasteiger partial charge in [-0.2, -0.15) is 0 Å². The molecule has 29 heavy (non-hydrogen) atoms. The maximum absolute atomic E-state index is 5.44. The maximum Gasteiger partial charge on any atom is -0.344 e. The number of aryl methyl sites for hydroxylation is 2. The molecule has 0 saturated carbocycles. The Hall–Kier alpha value is -0.551. The van der Waals surface area contributed by atoms with E-state index in [1.807, 2.05) is 0 Å². The molecule has 4 heteroatoms. The predicted molar refractivity (Wildman–Crippen MR) is 133 cm³/mol. The van der Waals surface area contributed by atoms with Crippen LogP contribution in [0.25, 0.3) is 10.9 Å². The summed E-state index contributed by atoms with van der Waals surface area (Å²) in [6.07, 6.45) is 9.37. The molecule has 2 aromatic rings. The smallest absolute Gasteiger partial charge is 0.344 e. The van der Waals surface area contributed by atoms with E-state index in [-0.39, 0.29) is 6.15 Å². The number of benzene rings is 1. The minimum Gasteiger partial charge on any atom is -0.344 e. The van der Waals surface area contributed by atoms with Crippen LogP contribution in [0, 0.1) is 12.8 Å². The van der Waals surface area contributed by atoms with Crippen LogP contribution >= 0.6 is 0 Å². The van der Waals surface area contributed by atoms with Crippen LogP contribution in [-0.4, -0.2) is 28.2 Å². The molecule has 2 rings (SSSR count). The monoisotopic (exact) mass is 509 g/mol. The molecule has 0 radical (unpaired) electrons. The van der Waals surface area contributed by atoms with Crippen molar-refractivity contribution in [1.29, 1.82) is 0 Å². The van der Waals surface area contributed by atoms with E-state index in [2.05, 4.69) is 64.4 Å². The van der Waals surface area contributed by atoms with Gasteiger partial charge in [-0.15, -0.1) is 0 Å². The first kappa shape index (κ1) is 26.5. The zero-order valence-electron chi connectivity index (χ0n) is 20.2. The van der Waals surface area contributed by atoms with Gasteiger partial charge in [0.2, 0.25) is 0 Å². The number of rotatable bonds is 13. The van der Waals surface area contributed by atoms with E-state index in [4.69, 9.17) is 5.10 Å². The minimum atomic E-state index is -2.52. The Balaban J connectivity index is 0.00000420. The second-order valence-electron chi connectivity index (χ2n) is 9.37. The fourth-order valence-corrected chi connectivity index (χ4v) is 20.7. The summed E-state index contributed by atoms with van der Waals surface area (Å²) < 4.78 is 8.48. The van der Waals surface area contributed by atoms with Gasteiger partial charge in [0.15, 0.2) is 0 Å². The zero-order chi connectivity index (χ0) is 20.6. The third-order valence-corrected chi connectivity index (χ3v) is 21.5. The first-order chi connectivity index (χ1) is 13.5. The average Bonchev–Trinajstić information content (AvgIpc) is 3.04. The van der Waals surface area contributed by atoms with E-state index in [1.54, 1.807) is 3.71 Å². The molecule has 0 fully saturated rings. The SMILES string of the molecule is CCC[CH2][Sn]([CH2]CCC)([CH2]CCC)[c]1nn(CCC(C)C)c2cc(C)ccc12.N. The van der Waals surface area contributed by atoms with Crippen molar-refractivity contribution < 1.29 is 0 Å². The number of hydrogen-bond donors (Lipinski definition) is 1. The summed E-state index contributed by atoms with van der Waals surface area (Å²) in [5.41, 5.74) is 2.77. The van der Waals surface area contributed by atoms with Gasteiger partial charge in [-0.05, 0) is 0 Å². The largest absolute Gasteiger partial charge is 0.344 e. The third-order valence-electron chi connectivity index (χ3n) is 6.35. The summed E-state index contributed by atoms with van der Waals surface area (Å²) in [4.78, 5) is 0. The third kappa shape index (κ3) is 6.98. The summed E-state index contributed by atoms with van der Waals surface area (Å²) in [6, 6.07) is 7.12.